The molecule has 3 aromatic rings. The number of methoxy groups -OCH3 is 1. The summed E-state index contributed by atoms with van der Waals surface area (Å²) in [5.74, 6) is 4.33. The first-order valence-electron chi connectivity index (χ1n) is 7.28. The van der Waals surface area contributed by atoms with E-state index in [1.54, 1.807) is 25.5 Å². The van der Waals surface area contributed by atoms with Gasteiger partial charge in [0.25, 0.3) is 0 Å². The number of nitrogens with zero attached hydrogens (tertiary/aromatic N) is 2. The number of fused-ring (bicyclic) bond motifs is 1. The maximum absolute atomic E-state index is 5.50. The maximum Gasteiger partial charge on any atom is 0.222 e. The third-order valence-electron chi connectivity index (χ3n) is 3.29. The van der Waals surface area contributed by atoms with E-state index in [1.807, 2.05) is 30.3 Å². The molecule has 1 heterocycles. The van der Waals surface area contributed by atoms with Crippen LogP contribution in [0.2, 0.25) is 0 Å². The highest BCUT2D eigenvalue weighted by Crippen LogP contribution is 2.23. The van der Waals surface area contributed by atoms with Crippen LogP contribution in [0.25, 0.3) is 11.0 Å². The zero-order valence-corrected chi connectivity index (χ0v) is 13.1. The van der Waals surface area contributed by atoms with Crippen LogP contribution in [0.1, 0.15) is 5.56 Å². The Balaban J connectivity index is 1.78. The van der Waals surface area contributed by atoms with Gasteiger partial charge in [0, 0.05) is 5.56 Å². The van der Waals surface area contributed by atoms with Crippen LogP contribution >= 0.6 is 0 Å². The van der Waals surface area contributed by atoms with Gasteiger partial charge in [-0.05, 0) is 30.3 Å². The van der Waals surface area contributed by atoms with Crippen LogP contribution in [-0.4, -0.2) is 29.9 Å². The van der Waals surface area contributed by atoms with Crippen molar-refractivity contribution in [3.8, 4) is 23.8 Å². The summed E-state index contributed by atoms with van der Waals surface area (Å²) in [5.41, 5.74) is 5.42. The van der Waals surface area contributed by atoms with E-state index in [9.17, 15) is 0 Å². The summed E-state index contributed by atoms with van der Waals surface area (Å²) in [6, 6.07) is 13.2. The van der Waals surface area contributed by atoms with Gasteiger partial charge >= 0.3 is 0 Å². The lowest BCUT2D eigenvalue weighted by atomic mass is 10.2. The van der Waals surface area contributed by atoms with Crippen molar-refractivity contribution in [1.82, 2.24) is 9.97 Å². The molecule has 0 aliphatic carbocycles. The Bertz CT molecular complexity index is 876. The van der Waals surface area contributed by atoms with Crippen molar-refractivity contribution >= 4 is 23.2 Å². The van der Waals surface area contributed by atoms with Crippen molar-refractivity contribution in [2.75, 3.05) is 19.1 Å². The largest absolute Gasteiger partial charge is 0.497 e. The summed E-state index contributed by atoms with van der Waals surface area (Å²) in [5, 5.41) is 4.20. The molecular weight excluding hydrogens is 304 g/mol. The summed E-state index contributed by atoms with van der Waals surface area (Å²) < 4.78 is 10.7. The number of anilines is 1. The van der Waals surface area contributed by atoms with Crippen LogP contribution in [0.5, 0.6) is 11.5 Å². The topological polar surface area (TPSA) is 71.5 Å². The minimum absolute atomic E-state index is 0.185. The van der Waals surface area contributed by atoms with Gasteiger partial charge in [-0.3, -0.25) is 0 Å². The van der Waals surface area contributed by atoms with Gasteiger partial charge < -0.3 is 14.5 Å². The molecule has 120 valence electrons. The Hall–Kier alpha value is -3.46. The average molecular weight is 320 g/mol. The molecule has 2 aromatic carbocycles. The Morgan fingerprint density at radius 1 is 1.33 bits per heavy atom. The second-order valence-electron chi connectivity index (χ2n) is 4.87. The van der Waals surface area contributed by atoms with Gasteiger partial charge in [-0.2, -0.15) is 5.10 Å². The number of terminal acetylenes is 1. The van der Waals surface area contributed by atoms with Crippen LogP contribution in [-0.2, 0) is 0 Å². The second-order valence-corrected chi connectivity index (χ2v) is 4.87. The number of hydrazone groups is 1. The summed E-state index contributed by atoms with van der Waals surface area (Å²) >= 11 is 0. The minimum Gasteiger partial charge on any atom is -0.497 e. The quantitative estimate of drug-likeness (QED) is 0.416. The fourth-order valence-electron chi connectivity index (χ4n) is 2.17. The van der Waals surface area contributed by atoms with Gasteiger partial charge in [0.05, 0.1) is 24.4 Å². The molecule has 0 fully saturated rings. The maximum atomic E-state index is 5.50. The Morgan fingerprint density at radius 2 is 2.21 bits per heavy atom. The lowest BCUT2D eigenvalue weighted by Crippen LogP contribution is -1.99. The molecule has 24 heavy (non-hydrogen) atoms. The number of ether oxygens (including phenoxy) is 2. The number of hydrogen-bond donors (Lipinski definition) is 2. The number of H-pyrrole nitrogens is 1. The Kier molecular flexibility index (Phi) is 4.63. The molecule has 2 N–H and O–H groups in total. The highest BCUT2D eigenvalue weighted by atomic mass is 16.5. The summed E-state index contributed by atoms with van der Waals surface area (Å²) in [6.45, 7) is 0.185. The van der Waals surface area contributed by atoms with Gasteiger partial charge in [0.1, 0.15) is 18.1 Å². The normalized spacial score (nSPS) is 10.7. The van der Waals surface area contributed by atoms with Gasteiger partial charge in [0.2, 0.25) is 5.95 Å². The fraction of sp³-hybridized carbons (Fsp3) is 0.111. The molecule has 0 aliphatic heterocycles. The molecule has 0 radical (unpaired) electrons. The molecule has 0 bridgehead atoms. The van der Waals surface area contributed by atoms with Crippen LogP contribution in [0, 0.1) is 12.3 Å². The van der Waals surface area contributed by atoms with Crippen molar-refractivity contribution in [2.45, 2.75) is 0 Å². The molecule has 0 saturated carbocycles. The number of benzene rings is 2. The number of rotatable bonds is 6. The van der Waals surface area contributed by atoms with Crippen molar-refractivity contribution in [3.05, 3.63) is 48.0 Å². The van der Waals surface area contributed by atoms with Crippen molar-refractivity contribution in [3.63, 3.8) is 0 Å². The molecule has 6 nitrogen and oxygen atoms in total. The minimum atomic E-state index is 0.185. The van der Waals surface area contributed by atoms with E-state index in [2.05, 4.69) is 26.4 Å². The summed E-state index contributed by atoms with van der Waals surface area (Å²) in [7, 11) is 1.60. The lowest BCUT2D eigenvalue weighted by Gasteiger charge is -2.08. The van der Waals surface area contributed by atoms with E-state index in [0.717, 1.165) is 16.6 Å². The predicted molar refractivity (Wildman–Crippen MR) is 94.6 cm³/mol. The summed E-state index contributed by atoms with van der Waals surface area (Å²) in [4.78, 5) is 7.52. The standard InChI is InChI=1S/C18H16N4O2/c1-3-10-24-17-9-8-14(23-2)11-13(17)12-19-22-18-20-15-6-4-5-7-16(15)21-18/h1,4-9,11-12H,10H2,2H3,(H2,20,21,22)/b19-12-. The van der Waals surface area contributed by atoms with Gasteiger partial charge in [0.15, 0.2) is 0 Å². The van der Waals surface area contributed by atoms with Crippen LogP contribution in [0.15, 0.2) is 47.6 Å². The highest BCUT2D eigenvalue weighted by molar-refractivity contribution is 5.85. The average Bonchev–Trinajstić information content (AvgIpc) is 3.03. The van der Waals surface area contributed by atoms with Crippen molar-refractivity contribution < 1.29 is 9.47 Å². The fourth-order valence-corrected chi connectivity index (χ4v) is 2.17. The summed E-state index contributed by atoms with van der Waals surface area (Å²) in [6.07, 6.45) is 6.86. The van der Waals surface area contributed by atoms with E-state index < -0.39 is 0 Å². The van der Waals surface area contributed by atoms with Gasteiger partial charge in [-0.15, -0.1) is 6.42 Å². The molecule has 0 amide bonds. The zero-order valence-electron chi connectivity index (χ0n) is 13.1. The second kappa shape index (κ2) is 7.20. The first kappa shape index (κ1) is 15.4. The van der Waals surface area contributed by atoms with Crippen LogP contribution in [0.3, 0.4) is 0 Å². The van der Waals surface area contributed by atoms with Crippen LogP contribution in [0.4, 0.5) is 5.95 Å². The van der Waals surface area contributed by atoms with E-state index in [-0.39, 0.29) is 6.61 Å². The monoisotopic (exact) mass is 320 g/mol. The number of hydrogen-bond acceptors (Lipinski definition) is 5. The smallest absolute Gasteiger partial charge is 0.222 e. The van der Waals surface area contributed by atoms with Crippen LogP contribution < -0.4 is 14.9 Å². The SMILES string of the molecule is C#CCOc1ccc(OC)cc1/C=N\Nc1nc2ccccc2[nH]1. The lowest BCUT2D eigenvalue weighted by molar-refractivity contribution is 0.367. The van der Waals surface area contributed by atoms with Crippen molar-refractivity contribution in [2.24, 2.45) is 5.10 Å². The van der Waals surface area contributed by atoms with Gasteiger partial charge in [-0.1, -0.05) is 18.1 Å². The third-order valence-corrected chi connectivity index (χ3v) is 3.29. The molecule has 0 spiro atoms. The van der Waals surface area contributed by atoms with E-state index in [4.69, 9.17) is 15.9 Å². The highest BCUT2D eigenvalue weighted by Gasteiger charge is 2.04. The molecule has 3 rings (SSSR count). The van der Waals surface area contributed by atoms with E-state index in [0.29, 0.717) is 17.4 Å². The predicted octanol–water partition coefficient (Wildman–Crippen LogP) is 3.03. The first-order chi connectivity index (χ1) is 11.8. The number of nitrogens with one attached hydrogen (secondary N) is 2. The number of para-hydroxylation sites is 2. The molecule has 6 heteroatoms. The van der Waals surface area contributed by atoms with Crippen molar-refractivity contribution in [1.29, 1.82) is 0 Å². The Morgan fingerprint density at radius 3 is 3.00 bits per heavy atom. The van der Waals surface area contributed by atoms with E-state index in [1.165, 1.54) is 0 Å². The Labute approximate surface area is 139 Å². The molecule has 0 aliphatic rings. The molecule has 0 saturated heterocycles. The molecule has 0 atom stereocenters. The first-order valence-corrected chi connectivity index (χ1v) is 7.28. The number of aromatic nitrogens is 2. The van der Waals surface area contributed by atoms with Gasteiger partial charge in [-0.25, -0.2) is 10.4 Å². The molecule has 0 unspecified atom stereocenters. The number of imidazole rings is 1. The third kappa shape index (κ3) is 3.47. The zero-order chi connectivity index (χ0) is 16.8. The number of aromatic amines is 1. The molecular formula is C18H16N4O2. The molecule has 1 aromatic heterocycles. The van der Waals surface area contributed by atoms with E-state index >= 15 is 0 Å².